The van der Waals surface area contributed by atoms with Gasteiger partial charge in [0.1, 0.15) is 6.54 Å². The Kier molecular flexibility index (Phi) is 9.21. The van der Waals surface area contributed by atoms with E-state index in [2.05, 4.69) is 39.8 Å². The van der Waals surface area contributed by atoms with E-state index in [1.165, 1.54) is 10.1 Å². The maximum Gasteiger partial charge on any atom is 0.332 e. The first-order chi connectivity index (χ1) is 22.4. The molecule has 6 rings (SSSR count). The summed E-state index contributed by atoms with van der Waals surface area (Å²) in [7, 11) is 0. The lowest BCUT2D eigenvalue weighted by Gasteiger charge is -2.32. The first-order valence-corrected chi connectivity index (χ1v) is 15.6. The zero-order valence-corrected chi connectivity index (χ0v) is 25.8. The second-order valence-electron chi connectivity index (χ2n) is 11.8. The molecule has 0 bridgehead atoms. The molecule has 1 fully saturated rings. The number of likely N-dealkylation sites (tertiary alicyclic amines) is 1. The molecule has 0 unspecified atom stereocenters. The average Bonchev–Trinajstić information content (AvgIpc) is 3.08. The van der Waals surface area contributed by atoms with E-state index in [1.54, 1.807) is 54.6 Å². The van der Waals surface area contributed by atoms with Crippen LogP contribution >= 0.6 is 0 Å². The fraction of sp³-hybridized carbons (Fsp3) is 0.243. The number of hydrogen-bond donors (Lipinski definition) is 2. The van der Waals surface area contributed by atoms with Gasteiger partial charge in [-0.25, -0.2) is 4.79 Å². The van der Waals surface area contributed by atoms with Gasteiger partial charge in [0, 0.05) is 36.9 Å². The largest absolute Gasteiger partial charge is 0.349 e. The number of carbonyl (C=O) groups excluding carboxylic acids is 2. The highest BCUT2D eigenvalue weighted by Crippen LogP contribution is 2.16. The van der Waals surface area contributed by atoms with E-state index in [9.17, 15) is 19.2 Å². The summed E-state index contributed by atoms with van der Waals surface area (Å²) in [5.41, 5.74) is 3.45. The van der Waals surface area contributed by atoms with E-state index in [1.807, 2.05) is 31.2 Å². The van der Waals surface area contributed by atoms with Gasteiger partial charge in [0.25, 0.3) is 11.5 Å². The van der Waals surface area contributed by atoms with Crippen molar-refractivity contribution in [1.82, 2.24) is 19.4 Å². The normalized spacial score (nSPS) is 13.8. The zero-order chi connectivity index (χ0) is 32.0. The van der Waals surface area contributed by atoms with Crippen LogP contribution in [0.2, 0.25) is 0 Å². The Morgan fingerprint density at radius 3 is 2.13 bits per heavy atom. The summed E-state index contributed by atoms with van der Waals surface area (Å²) in [4.78, 5) is 55.6. The van der Waals surface area contributed by atoms with Crippen LogP contribution in [-0.4, -0.2) is 45.0 Å². The molecule has 0 spiro atoms. The first kappa shape index (κ1) is 30.7. The third-order valence-electron chi connectivity index (χ3n) is 8.58. The van der Waals surface area contributed by atoms with Gasteiger partial charge in [0.05, 0.1) is 17.4 Å². The second-order valence-corrected chi connectivity index (χ2v) is 11.8. The number of benzene rings is 4. The minimum absolute atomic E-state index is 0.00366. The van der Waals surface area contributed by atoms with E-state index in [-0.39, 0.29) is 30.9 Å². The van der Waals surface area contributed by atoms with Crippen LogP contribution in [0.1, 0.15) is 39.9 Å². The third kappa shape index (κ3) is 7.00. The number of fused-ring (bicyclic) bond motifs is 1. The predicted octanol–water partition coefficient (Wildman–Crippen LogP) is 4.55. The van der Waals surface area contributed by atoms with Crippen molar-refractivity contribution in [2.75, 3.05) is 18.4 Å². The van der Waals surface area contributed by atoms with Crippen molar-refractivity contribution in [2.45, 2.75) is 45.4 Å². The van der Waals surface area contributed by atoms with E-state index < -0.39 is 11.2 Å². The second kappa shape index (κ2) is 13.8. The van der Waals surface area contributed by atoms with Crippen LogP contribution in [0.4, 0.5) is 5.69 Å². The fourth-order valence-corrected chi connectivity index (χ4v) is 6.00. The van der Waals surface area contributed by atoms with Gasteiger partial charge in [-0.1, -0.05) is 72.8 Å². The molecule has 1 aromatic heterocycles. The maximum absolute atomic E-state index is 13.7. The quantitative estimate of drug-likeness (QED) is 0.253. The molecule has 46 heavy (non-hydrogen) atoms. The molecule has 0 radical (unpaired) electrons. The van der Waals surface area contributed by atoms with Crippen LogP contribution in [0.15, 0.2) is 113 Å². The molecule has 0 saturated carbocycles. The van der Waals surface area contributed by atoms with Gasteiger partial charge in [-0.2, -0.15) is 0 Å². The van der Waals surface area contributed by atoms with Crippen molar-refractivity contribution < 1.29 is 9.59 Å². The van der Waals surface area contributed by atoms with E-state index in [0.717, 1.165) is 42.6 Å². The van der Waals surface area contributed by atoms with Gasteiger partial charge >= 0.3 is 5.69 Å². The molecule has 234 valence electrons. The number of nitrogens with zero attached hydrogens (tertiary/aromatic N) is 3. The zero-order valence-electron chi connectivity index (χ0n) is 25.8. The standard InChI is InChI=1S/C37H37N5O4/c1-26-9-5-7-13-32(26)39-34(43)25-41-33-14-8-6-12-31(33)36(45)42(37(41)46)24-28-15-17-29(18-16-28)35(44)38-30-19-21-40(22-20-30)23-27-10-3-2-4-11-27/h2-18,30H,19-25H2,1H3,(H,38,44)(H,39,43). The van der Waals surface area contributed by atoms with Crippen LogP contribution in [0.3, 0.4) is 0 Å². The highest BCUT2D eigenvalue weighted by Gasteiger charge is 2.22. The maximum atomic E-state index is 13.7. The molecule has 2 heterocycles. The van der Waals surface area contributed by atoms with Crippen LogP contribution in [0.25, 0.3) is 10.9 Å². The molecular weight excluding hydrogens is 578 g/mol. The minimum Gasteiger partial charge on any atom is -0.349 e. The Hall–Kier alpha value is -5.28. The van der Waals surface area contributed by atoms with Crippen molar-refractivity contribution in [2.24, 2.45) is 0 Å². The topological polar surface area (TPSA) is 105 Å². The summed E-state index contributed by atoms with van der Waals surface area (Å²) in [6.45, 7) is 4.40. The Labute approximate surface area is 267 Å². The Balaban J connectivity index is 1.13. The number of carbonyl (C=O) groups is 2. The summed E-state index contributed by atoms with van der Waals surface area (Å²) in [6, 6.07) is 31.7. The predicted molar refractivity (Wildman–Crippen MR) is 180 cm³/mol. The van der Waals surface area contributed by atoms with Crippen molar-refractivity contribution in [1.29, 1.82) is 0 Å². The Morgan fingerprint density at radius 2 is 1.39 bits per heavy atom. The molecular formula is C37H37N5O4. The molecule has 2 amide bonds. The fourth-order valence-electron chi connectivity index (χ4n) is 6.00. The Morgan fingerprint density at radius 1 is 0.739 bits per heavy atom. The lowest BCUT2D eigenvalue weighted by atomic mass is 10.0. The van der Waals surface area contributed by atoms with E-state index >= 15 is 0 Å². The number of hydrogen-bond acceptors (Lipinski definition) is 5. The molecule has 4 aromatic carbocycles. The highest BCUT2D eigenvalue weighted by atomic mass is 16.2. The summed E-state index contributed by atoms with van der Waals surface area (Å²) >= 11 is 0. The number of aromatic nitrogens is 2. The van der Waals surface area contributed by atoms with Gasteiger partial charge < -0.3 is 10.6 Å². The highest BCUT2D eigenvalue weighted by molar-refractivity contribution is 5.94. The summed E-state index contributed by atoms with van der Waals surface area (Å²) in [5, 5.41) is 6.37. The smallest absolute Gasteiger partial charge is 0.332 e. The lowest BCUT2D eigenvalue weighted by Crippen LogP contribution is -2.44. The SMILES string of the molecule is Cc1ccccc1NC(=O)Cn1c(=O)n(Cc2ccc(C(=O)NC3CCN(Cc4ccccc4)CC3)cc2)c(=O)c2ccccc21. The number of aryl methyl sites for hydroxylation is 1. The number of nitrogens with one attached hydrogen (secondary N) is 2. The van der Waals surface area contributed by atoms with Crippen molar-refractivity contribution in [3.8, 4) is 0 Å². The number of amides is 2. The molecule has 0 atom stereocenters. The van der Waals surface area contributed by atoms with Gasteiger partial charge in [-0.15, -0.1) is 0 Å². The average molecular weight is 616 g/mol. The third-order valence-corrected chi connectivity index (χ3v) is 8.58. The van der Waals surface area contributed by atoms with Crippen molar-refractivity contribution in [3.63, 3.8) is 0 Å². The van der Waals surface area contributed by atoms with Gasteiger partial charge in [0.2, 0.25) is 5.91 Å². The van der Waals surface area contributed by atoms with Crippen molar-refractivity contribution in [3.05, 3.63) is 146 Å². The van der Waals surface area contributed by atoms with E-state index in [4.69, 9.17) is 0 Å². The van der Waals surface area contributed by atoms with Crippen molar-refractivity contribution >= 4 is 28.4 Å². The lowest BCUT2D eigenvalue weighted by molar-refractivity contribution is -0.116. The number of piperidine rings is 1. The molecule has 1 aliphatic rings. The summed E-state index contributed by atoms with van der Waals surface area (Å²) in [5.74, 6) is -0.512. The van der Waals surface area contributed by atoms with Gasteiger partial charge in [-0.05, 0) is 66.8 Å². The van der Waals surface area contributed by atoms with Gasteiger partial charge in [0.15, 0.2) is 0 Å². The van der Waals surface area contributed by atoms with Crippen LogP contribution in [0.5, 0.6) is 0 Å². The minimum atomic E-state index is -0.580. The molecule has 2 N–H and O–H groups in total. The van der Waals surface area contributed by atoms with Crippen LogP contribution < -0.4 is 21.9 Å². The number of rotatable bonds is 9. The molecule has 1 aliphatic heterocycles. The molecule has 0 aliphatic carbocycles. The van der Waals surface area contributed by atoms with Crippen LogP contribution in [-0.2, 0) is 24.4 Å². The monoisotopic (exact) mass is 615 g/mol. The van der Waals surface area contributed by atoms with Gasteiger partial charge in [-0.3, -0.25) is 28.4 Å². The molecule has 1 saturated heterocycles. The van der Waals surface area contributed by atoms with Crippen LogP contribution in [0, 0.1) is 6.92 Å². The summed E-state index contributed by atoms with van der Waals surface area (Å²) < 4.78 is 2.47. The number of anilines is 1. The molecule has 9 nitrogen and oxygen atoms in total. The van der Waals surface area contributed by atoms with E-state index in [0.29, 0.717) is 27.7 Å². The summed E-state index contributed by atoms with van der Waals surface area (Å²) in [6.07, 6.45) is 1.77. The molecule has 5 aromatic rings. The Bertz CT molecular complexity index is 1970. The molecule has 9 heteroatoms. The number of para-hydroxylation sites is 2. The first-order valence-electron chi connectivity index (χ1n) is 15.6.